The number of anilines is 1. The smallest absolute Gasteiger partial charge is 0.248 e. The maximum absolute atomic E-state index is 13.0. The van der Waals surface area contributed by atoms with E-state index in [1.165, 1.54) is 5.56 Å². The fraction of sp³-hybridized carbons (Fsp3) is 0.333. The van der Waals surface area contributed by atoms with Crippen molar-refractivity contribution in [3.8, 4) is 0 Å². The van der Waals surface area contributed by atoms with Gasteiger partial charge in [0.25, 0.3) is 0 Å². The van der Waals surface area contributed by atoms with Gasteiger partial charge in [0.05, 0.1) is 11.5 Å². The second-order valence-corrected chi connectivity index (χ2v) is 7.01. The standard InChI is InChI=1S/C21H22N2O3/c24-14-19(25)23-13-12-21(16-8-4-5-9-17(16)22-20(21)26)18(23)11-10-15-6-2-1-3-7-15/h1-9,18,24H,10-14H2,(H,22,26)/t18-,21+/m0/s1. The molecule has 134 valence electrons. The van der Waals surface area contributed by atoms with E-state index in [0.717, 1.165) is 17.7 Å². The van der Waals surface area contributed by atoms with Crippen molar-refractivity contribution in [1.82, 2.24) is 4.90 Å². The molecule has 2 amide bonds. The van der Waals surface area contributed by atoms with Gasteiger partial charge in [-0.3, -0.25) is 9.59 Å². The lowest BCUT2D eigenvalue weighted by Crippen LogP contribution is -2.49. The fourth-order valence-corrected chi connectivity index (χ4v) is 4.54. The van der Waals surface area contributed by atoms with Crippen LogP contribution in [0.2, 0.25) is 0 Å². The minimum atomic E-state index is -0.726. The lowest BCUT2D eigenvalue weighted by molar-refractivity contribution is -0.136. The van der Waals surface area contributed by atoms with Gasteiger partial charge in [0.1, 0.15) is 6.61 Å². The summed E-state index contributed by atoms with van der Waals surface area (Å²) in [5.74, 6) is -0.345. The molecule has 5 heteroatoms. The molecule has 2 aliphatic rings. The second kappa shape index (κ2) is 6.57. The van der Waals surface area contributed by atoms with Gasteiger partial charge in [-0.1, -0.05) is 48.5 Å². The molecule has 0 radical (unpaired) electrons. The van der Waals surface area contributed by atoms with E-state index in [9.17, 15) is 14.7 Å². The van der Waals surface area contributed by atoms with Crippen LogP contribution >= 0.6 is 0 Å². The van der Waals surface area contributed by atoms with Crippen LogP contribution in [0, 0.1) is 0 Å². The third-order valence-corrected chi connectivity index (χ3v) is 5.76. The lowest BCUT2D eigenvalue weighted by Gasteiger charge is -2.34. The zero-order valence-electron chi connectivity index (χ0n) is 14.5. The molecule has 2 aliphatic heterocycles. The monoisotopic (exact) mass is 350 g/mol. The predicted molar refractivity (Wildman–Crippen MR) is 98.7 cm³/mol. The van der Waals surface area contributed by atoms with Crippen LogP contribution in [-0.4, -0.2) is 41.0 Å². The number of nitrogens with zero attached hydrogens (tertiary/aromatic N) is 1. The average molecular weight is 350 g/mol. The number of para-hydroxylation sites is 1. The Balaban J connectivity index is 1.71. The number of aliphatic hydroxyl groups excluding tert-OH is 1. The van der Waals surface area contributed by atoms with Crippen molar-refractivity contribution in [2.75, 3.05) is 18.5 Å². The van der Waals surface area contributed by atoms with E-state index in [1.807, 2.05) is 42.5 Å². The van der Waals surface area contributed by atoms with Gasteiger partial charge in [0, 0.05) is 12.2 Å². The molecule has 2 N–H and O–H groups in total. The number of hydrogen-bond donors (Lipinski definition) is 2. The Hall–Kier alpha value is -2.66. The van der Waals surface area contributed by atoms with Gasteiger partial charge in [-0.2, -0.15) is 0 Å². The third kappa shape index (κ3) is 2.51. The molecule has 1 spiro atoms. The van der Waals surface area contributed by atoms with Crippen LogP contribution in [0.15, 0.2) is 54.6 Å². The molecule has 5 nitrogen and oxygen atoms in total. The number of nitrogens with one attached hydrogen (secondary N) is 1. The van der Waals surface area contributed by atoms with Crippen LogP contribution in [0.4, 0.5) is 5.69 Å². The van der Waals surface area contributed by atoms with Gasteiger partial charge < -0.3 is 15.3 Å². The zero-order chi connectivity index (χ0) is 18.1. The van der Waals surface area contributed by atoms with Crippen molar-refractivity contribution in [2.24, 2.45) is 0 Å². The molecule has 4 rings (SSSR count). The van der Waals surface area contributed by atoms with Crippen LogP contribution in [0.1, 0.15) is 24.0 Å². The molecule has 0 aliphatic carbocycles. The maximum Gasteiger partial charge on any atom is 0.248 e. The lowest BCUT2D eigenvalue weighted by atomic mass is 9.73. The first-order chi connectivity index (χ1) is 12.7. The Morgan fingerprint density at radius 3 is 2.65 bits per heavy atom. The second-order valence-electron chi connectivity index (χ2n) is 7.01. The number of benzene rings is 2. The molecule has 0 saturated carbocycles. The highest BCUT2D eigenvalue weighted by Crippen LogP contribution is 2.49. The molecular weight excluding hydrogens is 328 g/mol. The number of aliphatic hydroxyl groups is 1. The summed E-state index contributed by atoms with van der Waals surface area (Å²) in [6, 6.07) is 17.6. The van der Waals surface area contributed by atoms with Crippen LogP contribution in [-0.2, 0) is 21.4 Å². The van der Waals surface area contributed by atoms with Gasteiger partial charge in [-0.15, -0.1) is 0 Å². The highest BCUT2D eigenvalue weighted by atomic mass is 16.3. The van der Waals surface area contributed by atoms with E-state index in [0.29, 0.717) is 19.4 Å². The summed E-state index contributed by atoms with van der Waals surface area (Å²) in [5.41, 5.74) is 2.25. The Kier molecular flexibility index (Phi) is 4.24. The number of amides is 2. The Labute approximate surface area is 152 Å². The topological polar surface area (TPSA) is 69.6 Å². The summed E-state index contributed by atoms with van der Waals surface area (Å²) in [7, 11) is 0. The van der Waals surface area contributed by atoms with E-state index in [2.05, 4.69) is 17.4 Å². The van der Waals surface area contributed by atoms with Gasteiger partial charge in [0.15, 0.2) is 0 Å². The van der Waals surface area contributed by atoms with Crippen LogP contribution in [0.3, 0.4) is 0 Å². The Morgan fingerprint density at radius 1 is 1.15 bits per heavy atom. The number of carbonyl (C=O) groups is 2. The molecule has 2 atom stereocenters. The first-order valence-electron chi connectivity index (χ1n) is 9.02. The molecule has 0 aromatic heterocycles. The molecule has 26 heavy (non-hydrogen) atoms. The highest BCUT2D eigenvalue weighted by Gasteiger charge is 2.58. The van der Waals surface area contributed by atoms with Crippen molar-refractivity contribution in [3.63, 3.8) is 0 Å². The SMILES string of the molecule is O=C(CO)N1CC[C@]2(C(=O)Nc3ccccc32)[C@@H]1CCc1ccccc1. The van der Waals surface area contributed by atoms with Gasteiger partial charge in [0.2, 0.25) is 11.8 Å². The zero-order valence-corrected chi connectivity index (χ0v) is 14.5. The molecule has 1 fully saturated rings. The van der Waals surface area contributed by atoms with Crippen molar-refractivity contribution >= 4 is 17.5 Å². The summed E-state index contributed by atoms with van der Waals surface area (Å²) in [4.78, 5) is 27.1. The first-order valence-corrected chi connectivity index (χ1v) is 9.02. The minimum Gasteiger partial charge on any atom is -0.387 e. The molecule has 2 aromatic rings. The summed E-state index contributed by atoms with van der Waals surface area (Å²) in [5, 5.41) is 12.4. The average Bonchev–Trinajstić information content (AvgIpc) is 3.20. The van der Waals surface area contributed by atoms with Crippen LogP contribution < -0.4 is 5.32 Å². The summed E-state index contributed by atoms with van der Waals surface area (Å²) >= 11 is 0. The van der Waals surface area contributed by atoms with Crippen LogP contribution in [0.5, 0.6) is 0 Å². The third-order valence-electron chi connectivity index (χ3n) is 5.76. The summed E-state index contributed by atoms with van der Waals surface area (Å²) in [6.07, 6.45) is 2.04. The van der Waals surface area contributed by atoms with Crippen molar-refractivity contribution in [2.45, 2.75) is 30.7 Å². The molecule has 2 heterocycles. The normalized spacial score (nSPS) is 24.0. The van der Waals surface area contributed by atoms with E-state index in [4.69, 9.17) is 0 Å². The predicted octanol–water partition coefficient (Wildman–Crippen LogP) is 2.10. The number of carbonyl (C=O) groups excluding carboxylic acids is 2. The van der Waals surface area contributed by atoms with Gasteiger partial charge in [-0.25, -0.2) is 0 Å². The Bertz CT molecular complexity index is 836. The van der Waals surface area contributed by atoms with Crippen molar-refractivity contribution in [1.29, 1.82) is 0 Å². The van der Waals surface area contributed by atoms with Gasteiger partial charge in [-0.05, 0) is 36.5 Å². The maximum atomic E-state index is 13.0. The first kappa shape index (κ1) is 16.8. The number of likely N-dealkylation sites (tertiary alicyclic amines) is 1. The largest absolute Gasteiger partial charge is 0.387 e. The number of rotatable bonds is 4. The number of fused-ring (bicyclic) bond motifs is 2. The summed E-state index contributed by atoms with van der Waals surface area (Å²) in [6.45, 7) is -0.0399. The number of aryl methyl sites for hydroxylation is 1. The Morgan fingerprint density at radius 2 is 1.88 bits per heavy atom. The van der Waals surface area contributed by atoms with Crippen molar-refractivity contribution < 1.29 is 14.7 Å². The molecule has 2 aromatic carbocycles. The molecule has 0 unspecified atom stereocenters. The van der Waals surface area contributed by atoms with Gasteiger partial charge >= 0.3 is 0 Å². The van der Waals surface area contributed by atoms with E-state index < -0.39 is 12.0 Å². The molecular formula is C21H22N2O3. The quantitative estimate of drug-likeness (QED) is 0.887. The van der Waals surface area contributed by atoms with Crippen LogP contribution in [0.25, 0.3) is 0 Å². The number of hydrogen-bond acceptors (Lipinski definition) is 3. The van der Waals surface area contributed by atoms with E-state index in [-0.39, 0.29) is 17.9 Å². The van der Waals surface area contributed by atoms with E-state index >= 15 is 0 Å². The fourth-order valence-electron chi connectivity index (χ4n) is 4.54. The molecule has 1 saturated heterocycles. The van der Waals surface area contributed by atoms with Crippen molar-refractivity contribution in [3.05, 3.63) is 65.7 Å². The highest BCUT2D eigenvalue weighted by molar-refractivity contribution is 6.07. The minimum absolute atomic E-state index is 0.0370. The summed E-state index contributed by atoms with van der Waals surface area (Å²) < 4.78 is 0. The molecule has 0 bridgehead atoms. The van der Waals surface area contributed by atoms with E-state index in [1.54, 1.807) is 4.90 Å².